The summed E-state index contributed by atoms with van der Waals surface area (Å²) in [7, 11) is -2.73. The predicted molar refractivity (Wildman–Crippen MR) is 106 cm³/mol. The number of carbonyl (C=O) groups excluding carboxylic acids is 3. The third kappa shape index (κ3) is 3.92. The number of hydrogen-bond acceptors (Lipinski definition) is 6. The molecule has 5 amide bonds. The minimum absolute atomic E-state index is 0.137. The zero-order valence-corrected chi connectivity index (χ0v) is 17.2. The molecule has 0 bridgehead atoms. The van der Waals surface area contributed by atoms with E-state index in [0.717, 1.165) is 5.56 Å². The van der Waals surface area contributed by atoms with Crippen molar-refractivity contribution in [3.05, 3.63) is 59.7 Å². The van der Waals surface area contributed by atoms with Crippen molar-refractivity contribution < 1.29 is 27.5 Å². The quantitative estimate of drug-likeness (QED) is 0.611. The van der Waals surface area contributed by atoms with E-state index in [2.05, 4.69) is 5.32 Å². The average molecular weight is 432 g/mol. The fourth-order valence-corrected chi connectivity index (χ4v) is 3.80. The van der Waals surface area contributed by atoms with Gasteiger partial charge in [-0.05, 0) is 43.7 Å². The number of nitrogens with one attached hydrogen (secondary N) is 3. The molecule has 2 aromatic rings. The highest BCUT2D eigenvalue weighted by molar-refractivity contribution is 7.90. The van der Waals surface area contributed by atoms with Crippen LogP contribution in [0.25, 0.3) is 0 Å². The number of aryl methyl sites for hydroxylation is 1. The molecule has 1 saturated heterocycles. The highest BCUT2D eigenvalue weighted by Crippen LogP contribution is 2.30. The van der Waals surface area contributed by atoms with Crippen LogP contribution in [0.1, 0.15) is 18.1 Å². The Kier molecular flexibility index (Phi) is 5.40. The van der Waals surface area contributed by atoms with E-state index in [-0.39, 0.29) is 4.90 Å². The zero-order valence-electron chi connectivity index (χ0n) is 16.4. The van der Waals surface area contributed by atoms with Crippen molar-refractivity contribution in [2.75, 3.05) is 7.11 Å². The molecular weight excluding hydrogens is 412 g/mol. The van der Waals surface area contributed by atoms with Gasteiger partial charge in [-0.2, -0.15) is 5.01 Å². The number of carbonyl (C=O) groups is 3. The summed E-state index contributed by atoms with van der Waals surface area (Å²) in [4.78, 5) is 37.2. The number of methoxy groups -OCH3 is 1. The number of ether oxygens (including phenoxy) is 1. The SMILES string of the molecule is COc1cccc([C@]2(C)NC(=O)N(NC(=O)NS(=O)(=O)c3ccc(C)cc3)C2=O)c1. The summed E-state index contributed by atoms with van der Waals surface area (Å²) in [6.45, 7) is 3.25. The molecule has 1 aliphatic rings. The smallest absolute Gasteiger partial charge is 0.348 e. The second-order valence-electron chi connectivity index (χ2n) is 6.79. The maximum atomic E-state index is 12.9. The summed E-state index contributed by atoms with van der Waals surface area (Å²) in [5, 5.41) is 2.92. The van der Waals surface area contributed by atoms with Gasteiger partial charge in [0.2, 0.25) is 0 Å². The molecule has 0 spiro atoms. The Morgan fingerprint density at radius 1 is 1.13 bits per heavy atom. The molecule has 30 heavy (non-hydrogen) atoms. The predicted octanol–water partition coefficient (Wildman–Crippen LogP) is 1.37. The van der Waals surface area contributed by atoms with Gasteiger partial charge in [0, 0.05) is 0 Å². The van der Waals surface area contributed by atoms with Gasteiger partial charge >= 0.3 is 12.1 Å². The number of benzene rings is 2. The zero-order chi connectivity index (χ0) is 22.1. The number of nitrogens with zero attached hydrogens (tertiary/aromatic N) is 1. The van der Waals surface area contributed by atoms with Crippen molar-refractivity contribution in [3.8, 4) is 5.75 Å². The van der Waals surface area contributed by atoms with Crippen LogP contribution in [-0.2, 0) is 20.4 Å². The van der Waals surface area contributed by atoms with Crippen LogP contribution in [0.5, 0.6) is 5.75 Å². The Bertz CT molecular complexity index is 1120. The Hall–Kier alpha value is -3.60. The highest BCUT2D eigenvalue weighted by Gasteiger charge is 2.50. The van der Waals surface area contributed by atoms with Gasteiger partial charge in [-0.25, -0.2) is 28.2 Å². The molecule has 0 aromatic heterocycles. The number of urea groups is 2. The molecule has 0 radical (unpaired) electrons. The van der Waals surface area contributed by atoms with Crippen LogP contribution in [0.15, 0.2) is 53.4 Å². The molecule has 1 atom stereocenters. The molecule has 3 N–H and O–H groups in total. The second kappa shape index (κ2) is 7.67. The summed E-state index contributed by atoms with van der Waals surface area (Å²) < 4.78 is 31.5. The lowest BCUT2D eigenvalue weighted by molar-refractivity contribution is -0.132. The van der Waals surface area contributed by atoms with E-state index in [1.165, 1.54) is 26.2 Å². The minimum Gasteiger partial charge on any atom is -0.497 e. The summed E-state index contributed by atoms with van der Waals surface area (Å²) in [6.07, 6.45) is 0. The fraction of sp³-hybridized carbons (Fsp3) is 0.211. The number of hydrazine groups is 1. The van der Waals surface area contributed by atoms with Crippen molar-refractivity contribution in [2.24, 2.45) is 0 Å². The third-order valence-corrected chi connectivity index (χ3v) is 5.96. The Balaban J connectivity index is 1.76. The molecule has 0 unspecified atom stereocenters. The number of imide groups is 1. The molecule has 10 nitrogen and oxygen atoms in total. The molecule has 0 aliphatic carbocycles. The van der Waals surface area contributed by atoms with Crippen LogP contribution in [0, 0.1) is 6.92 Å². The van der Waals surface area contributed by atoms with Crippen molar-refractivity contribution in [3.63, 3.8) is 0 Å². The molecule has 1 aliphatic heterocycles. The molecule has 2 aromatic carbocycles. The normalized spacial score (nSPS) is 18.7. The van der Waals surface area contributed by atoms with Crippen LogP contribution in [-0.4, -0.2) is 38.5 Å². The topological polar surface area (TPSA) is 134 Å². The summed E-state index contributed by atoms with van der Waals surface area (Å²) >= 11 is 0. The maximum absolute atomic E-state index is 12.9. The van der Waals surface area contributed by atoms with Gasteiger partial charge in [0.15, 0.2) is 0 Å². The molecule has 1 heterocycles. The first kappa shape index (κ1) is 21.1. The van der Waals surface area contributed by atoms with E-state index in [0.29, 0.717) is 16.3 Å². The van der Waals surface area contributed by atoms with E-state index in [9.17, 15) is 22.8 Å². The minimum atomic E-state index is -4.19. The van der Waals surface area contributed by atoms with Gasteiger partial charge in [0.1, 0.15) is 11.3 Å². The summed E-state index contributed by atoms with van der Waals surface area (Å²) in [5.41, 5.74) is 1.77. The van der Waals surface area contributed by atoms with Gasteiger partial charge in [-0.3, -0.25) is 4.79 Å². The Morgan fingerprint density at radius 3 is 2.43 bits per heavy atom. The van der Waals surface area contributed by atoms with Gasteiger partial charge < -0.3 is 10.1 Å². The van der Waals surface area contributed by atoms with Crippen molar-refractivity contribution in [1.29, 1.82) is 0 Å². The van der Waals surface area contributed by atoms with E-state index < -0.39 is 33.5 Å². The molecular formula is C19H20N4O6S. The molecule has 1 fully saturated rings. The Morgan fingerprint density at radius 2 is 1.80 bits per heavy atom. The molecule has 11 heteroatoms. The monoisotopic (exact) mass is 432 g/mol. The van der Waals surface area contributed by atoms with Crippen molar-refractivity contribution >= 4 is 28.0 Å². The number of sulfonamides is 1. The first-order valence-electron chi connectivity index (χ1n) is 8.78. The van der Waals surface area contributed by atoms with Gasteiger partial charge in [-0.15, -0.1) is 0 Å². The highest BCUT2D eigenvalue weighted by atomic mass is 32.2. The van der Waals surface area contributed by atoms with Crippen LogP contribution in [0.2, 0.25) is 0 Å². The Labute approximate surface area is 173 Å². The van der Waals surface area contributed by atoms with Crippen LogP contribution >= 0.6 is 0 Å². The van der Waals surface area contributed by atoms with Gasteiger partial charge in [0.25, 0.3) is 15.9 Å². The molecule has 158 valence electrons. The van der Waals surface area contributed by atoms with Gasteiger partial charge in [-0.1, -0.05) is 29.8 Å². The first-order chi connectivity index (χ1) is 14.1. The largest absolute Gasteiger partial charge is 0.497 e. The average Bonchev–Trinajstić information content (AvgIpc) is 2.92. The van der Waals surface area contributed by atoms with Gasteiger partial charge in [0.05, 0.1) is 12.0 Å². The lowest BCUT2D eigenvalue weighted by Gasteiger charge is -2.22. The number of amides is 5. The van der Waals surface area contributed by atoms with Crippen molar-refractivity contribution in [2.45, 2.75) is 24.3 Å². The summed E-state index contributed by atoms with van der Waals surface area (Å²) in [5.74, 6) is -0.312. The third-order valence-electron chi connectivity index (χ3n) is 4.61. The van der Waals surface area contributed by atoms with E-state index in [1.54, 1.807) is 48.0 Å². The second-order valence-corrected chi connectivity index (χ2v) is 8.47. The first-order valence-corrected chi connectivity index (χ1v) is 10.3. The van der Waals surface area contributed by atoms with E-state index >= 15 is 0 Å². The maximum Gasteiger partial charge on any atom is 0.348 e. The fourth-order valence-electron chi connectivity index (χ4n) is 2.89. The van der Waals surface area contributed by atoms with Crippen LogP contribution in [0.4, 0.5) is 9.59 Å². The lowest BCUT2D eigenvalue weighted by Crippen LogP contribution is -2.52. The number of rotatable bonds is 5. The van der Waals surface area contributed by atoms with E-state index in [4.69, 9.17) is 4.74 Å². The van der Waals surface area contributed by atoms with E-state index in [1.807, 2.05) is 5.43 Å². The van der Waals surface area contributed by atoms with Crippen LogP contribution < -0.4 is 20.2 Å². The standard InChI is InChI=1S/C19H20N4O6S/c1-12-7-9-15(10-8-12)30(27,28)22-17(25)21-23-16(24)19(2,20-18(23)26)13-5-4-6-14(11-13)29-3/h4-11H,1-3H3,(H,20,26)(H2,21,22,25)/t19-/m0/s1. The molecule has 3 rings (SSSR count). The molecule has 0 saturated carbocycles. The van der Waals surface area contributed by atoms with Crippen molar-refractivity contribution in [1.82, 2.24) is 20.5 Å². The summed E-state index contributed by atoms with van der Waals surface area (Å²) in [6, 6.07) is 10.2. The van der Waals surface area contributed by atoms with Crippen LogP contribution in [0.3, 0.4) is 0 Å². The lowest BCUT2D eigenvalue weighted by atomic mass is 9.92. The number of hydrogen-bond donors (Lipinski definition) is 3.